The second kappa shape index (κ2) is 5.87. The van der Waals surface area contributed by atoms with Crippen molar-refractivity contribution < 1.29 is 0 Å². The first-order valence-corrected chi connectivity index (χ1v) is 6.12. The number of anilines is 1. The molecule has 88 valence electrons. The Bertz CT molecular complexity index is 297. The van der Waals surface area contributed by atoms with E-state index in [4.69, 9.17) is 5.73 Å². The van der Waals surface area contributed by atoms with E-state index in [1.54, 1.807) is 0 Å². The first kappa shape index (κ1) is 11.4. The standard InChI is InChI=1S/C13H21N3/c14-8-10-16-9-4-7-13(11-16)15-12-5-2-1-3-6-12/h1-3,5-6,13,15H,4,7-11,14H2. The zero-order chi connectivity index (χ0) is 11.2. The van der Waals surface area contributed by atoms with Crippen LogP contribution in [-0.4, -0.2) is 37.1 Å². The summed E-state index contributed by atoms with van der Waals surface area (Å²) in [6, 6.07) is 11.0. The van der Waals surface area contributed by atoms with E-state index < -0.39 is 0 Å². The average molecular weight is 219 g/mol. The van der Waals surface area contributed by atoms with Gasteiger partial charge in [-0.15, -0.1) is 0 Å². The Morgan fingerprint density at radius 3 is 2.88 bits per heavy atom. The number of benzene rings is 1. The highest BCUT2D eigenvalue weighted by Gasteiger charge is 2.18. The summed E-state index contributed by atoms with van der Waals surface area (Å²) in [5.74, 6) is 0. The predicted molar refractivity (Wildman–Crippen MR) is 68.6 cm³/mol. The van der Waals surface area contributed by atoms with Crippen LogP contribution in [0, 0.1) is 0 Å². The molecular formula is C13H21N3. The van der Waals surface area contributed by atoms with Crippen molar-refractivity contribution >= 4 is 5.69 Å². The van der Waals surface area contributed by atoms with E-state index in [-0.39, 0.29) is 0 Å². The maximum atomic E-state index is 5.60. The van der Waals surface area contributed by atoms with Crippen molar-refractivity contribution in [1.82, 2.24) is 4.90 Å². The summed E-state index contributed by atoms with van der Waals surface area (Å²) >= 11 is 0. The fourth-order valence-corrected chi connectivity index (χ4v) is 2.33. The Morgan fingerprint density at radius 2 is 2.12 bits per heavy atom. The maximum Gasteiger partial charge on any atom is 0.0388 e. The van der Waals surface area contributed by atoms with Gasteiger partial charge in [-0.1, -0.05) is 18.2 Å². The molecule has 0 radical (unpaired) electrons. The number of nitrogens with one attached hydrogen (secondary N) is 1. The van der Waals surface area contributed by atoms with Crippen LogP contribution in [0.4, 0.5) is 5.69 Å². The quantitative estimate of drug-likeness (QED) is 0.807. The lowest BCUT2D eigenvalue weighted by molar-refractivity contribution is 0.222. The maximum absolute atomic E-state index is 5.60. The van der Waals surface area contributed by atoms with Crippen LogP contribution in [-0.2, 0) is 0 Å². The number of hydrogen-bond acceptors (Lipinski definition) is 3. The van der Waals surface area contributed by atoms with Crippen LogP contribution in [0.3, 0.4) is 0 Å². The molecule has 0 aliphatic carbocycles. The lowest BCUT2D eigenvalue weighted by Crippen LogP contribution is -2.43. The van der Waals surface area contributed by atoms with E-state index in [2.05, 4.69) is 34.5 Å². The number of likely N-dealkylation sites (tertiary alicyclic amines) is 1. The summed E-state index contributed by atoms with van der Waals surface area (Å²) in [7, 11) is 0. The second-order valence-electron chi connectivity index (χ2n) is 4.44. The zero-order valence-corrected chi connectivity index (χ0v) is 9.73. The molecule has 0 spiro atoms. The SMILES string of the molecule is NCCN1CCCC(Nc2ccccc2)C1. The topological polar surface area (TPSA) is 41.3 Å². The van der Waals surface area contributed by atoms with Crippen LogP contribution in [0.5, 0.6) is 0 Å². The molecule has 3 heteroatoms. The van der Waals surface area contributed by atoms with E-state index in [1.165, 1.54) is 25.1 Å². The monoisotopic (exact) mass is 219 g/mol. The molecule has 16 heavy (non-hydrogen) atoms. The van der Waals surface area contributed by atoms with Crippen molar-refractivity contribution in [3.05, 3.63) is 30.3 Å². The van der Waals surface area contributed by atoms with Crippen molar-refractivity contribution in [3.8, 4) is 0 Å². The Morgan fingerprint density at radius 1 is 1.31 bits per heavy atom. The molecule has 1 saturated heterocycles. The number of hydrogen-bond donors (Lipinski definition) is 2. The van der Waals surface area contributed by atoms with E-state index in [0.717, 1.165) is 19.6 Å². The average Bonchev–Trinajstić information content (AvgIpc) is 2.31. The fraction of sp³-hybridized carbons (Fsp3) is 0.538. The second-order valence-corrected chi connectivity index (χ2v) is 4.44. The fourth-order valence-electron chi connectivity index (χ4n) is 2.33. The van der Waals surface area contributed by atoms with E-state index in [9.17, 15) is 0 Å². The largest absolute Gasteiger partial charge is 0.381 e. The van der Waals surface area contributed by atoms with Gasteiger partial charge in [0.25, 0.3) is 0 Å². The summed E-state index contributed by atoms with van der Waals surface area (Å²) in [5, 5.41) is 3.59. The minimum absolute atomic E-state index is 0.572. The summed E-state index contributed by atoms with van der Waals surface area (Å²) in [4.78, 5) is 2.45. The Balaban J connectivity index is 1.85. The molecule has 1 fully saturated rings. The number of piperidine rings is 1. The number of rotatable bonds is 4. The molecule has 0 aromatic heterocycles. The lowest BCUT2D eigenvalue weighted by atomic mass is 10.1. The van der Waals surface area contributed by atoms with Gasteiger partial charge in [0.05, 0.1) is 0 Å². The van der Waals surface area contributed by atoms with Gasteiger partial charge in [-0.2, -0.15) is 0 Å². The van der Waals surface area contributed by atoms with E-state index >= 15 is 0 Å². The third kappa shape index (κ3) is 3.22. The predicted octanol–water partition coefficient (Wildman–Crippen LogP) is 1.52. The molecule has 3 N–H and O–H groups in total. The van der Waals surface area contributed by atoms with Gasteiger partial charge in [0.1, 0.15) is 0 Å². The first-order valence-electron chi connectivity index (χ1n) is 6.12. The van der Waals surface area contributed by atoms with Gasteiger partial charge in [-0.25, -0.2) is 0 Å². The molecule has 1 aromatic rings. The number of para-hydroxylation sites is 1. The summed E-state index contributed by atoms with van der Waals surface area (Å²) in [5.41, 5.74) is 6.82. The number of nitrogens with zero attached hydrogens (tertiary/aromatic N) is 1. The van der Waals surface area contributed by atoms with Gasteiger partial charge in [0, 0.05) is 31.4 Å². The van der Waals surface area contributed by atoms with Gasteiger partial charge in [-0.05, 0) is 31.5 Å². The third-order valence-corrected chi connectivity index (χ3v) is 3.10. The van der Waals surface area contributed by atoms with Crippen LogP contribution in [0.2, 0.25) is 0 Å². The minimum Gasteiger partial charge on any atom is -0.381 e. The smallest absolute Gasteiger partial charge is 0.0388 e. The molecule has 1 aliphatic rings. The van der Waals surface area contributed by atoms with Crippen LogP contribution in [0.1, 0.15) is 12.8 Å². The molecule has 2 rings (SSSR count). The molecule has 1 unspecified atom stereocenters. The van der Waals surface area contributed by atoms with Crippen molar-refractivity contribution in [2.45, 2.75) is 18.9 Å². The number of nitrogens with two attached hydrogens (primary N) is 1. The lowest BCUT2D eigenvalue weighted by Gasteiger charge is -2.33. The summed E-state index contributed by atoms with van der Waals surface area (Å²) < 4.78 is 0. The van der Waals surface area contributed by atoms with Gasteiger partial charge in [-0.3, -0.25) is 0 Å². The van der Waals surface area contributed by atoms with Crippen molar-refractivity contribution in [2.24, 2.45) is 5.73 Å². The summed E-state index contributed by atoms with van der Waals surface area (Å²) in [6.45, 7) is 4.10. The highest BCUT2D eigenvalue weighted by atomic mass is 15.2. The van der Waals surface area contributed by atoms with Crippen LogP contribution >= 0.6 is 0 Å². The van der Waals surface area contributed by atoms with Gasteiger partial charge >= 0.3 is 0 Å². The third-order valence-electron chi connectivity index (χ3n) is 3.10. The van der Waals surface area contributed by atoms with Gasteiger partial charge in [0.2, 0.25) is 0 Å². The Hall–Kier alpha value is -1.06. The van der Waals surface area contributed by atoms with Gasteiger partial charge in [0.15, 0.2) is 0 Å². The molecular weight excluding hydrogens is 198 g/mol. The van der Waals surface area contributed by atoms with Crippen LogP contribution in [0.15, 0.2) is 30.3 Å². The van der Waals surface area contributed by atoms with Crippen LogP contribution < -0.4 is 11.1 Å². The molecule has 1 aromatic carbocycles. The molecule has 1 aliphatic heterocycles. The Kier molecular flexibility index (Phi) is 4.19. The Labute approximate surface area is 97.6 Å². The minimum atomic E-state index is 0.572. The highest BCUT2D eigenvalue weighted by molar-refractivity contribution is 5.43. The van der Waals surface area contributed by atoms with E-state index in [1.807, 2.05) is 6.07 Å². The highest BCUT2D eigenvalue weighted by Crippen LogP contribution is 2.15. The van der Waals surface area contributed by atoms with Crippen molar-refractivity contribution in [2.75, 3.05) is 31.5 Å². The molecule has 0 amide bonds. The van der Waals surface area contributed by atoms with Crippen molar-refractivity contribution in [3.63, 3.8) is 0 Å². The van der Waals surface area contributed by atoms with Crippen molar-refractivity contribution in [1.29, 1.82) is 0 Å². The molecule has 0 bridgehead atoms. The summed E-state index contributed by atoms with van der Waals surface area (Å²) in [6.07, 6.45) is 2.53. The van der Waals surface area contributed by atoms with Gasteiger partial charge < -0.3 is 16.0 Å². The molecule has 1 atom stereocenters. The van der Waals surface area contributed by atoms with Crippen LogP contribution in [0.25, 0.3) is 0 Å². The molecule has 3 nitrogen and oxygen atoms in total. The normalized spacial score (nSPS) is 21.9. The van der Waals surface area contributed by atoms with E-state index in [0.29, 0.717) is 6.04 Å². The first-order chi connectivity index (χ1) is 7.88. The molecule has 1 heterocycles. The molecule has 0 saturated carbocycles. The zero-order valence-electron chi connectivity index (χ0n) is 9.73.